The first-order chi connectivity index (χ1) is 12.6. The summed E-state index contributed by atoms with van der Waals surface area (Å²) in [6.45, 7) is -2.92. The zero-order chi connectivity index (χ0) is 18.1. The van der Waals surface area contributed by atoms with Crippen LogP contribution in [0.2, 0.25) is 0 Å². The van der Waals surface area contributed by atoms with Gasteiger partial charge in [-0.3, -0.25) is 0 Å². The van der Waals surface area contributed by atoms with Crippen molar-refractivity contribution in [3.05, 3.63) is 70.2 Å². The number of nitrogens with zero attached hydrogens (tertiary/aromatic N) is 4. The van der Waals surface area contributed by atoms with Crippen molar-refractivity contribution in [2.45, 2.75) is 12.7 Å². The van der Waals surface area contributed by atoms with Gasteiger partial charge in [0.15, 0.2) is 0 Å². The SMILES string of the molecule is FC(F)Oc1ccccc1C1C=C(c2ccc(Br)cc2)Nc2nnnn21. The minimum Gasteiger partial charge on any atom is -0.434 e. The molecule has 2 aromatic carbocycles. The summed E-state index contributed by atoms with van der Waals surface area (Å²) in [5.41, 5.74) is 2.23. The zero-order valence-electron chi connectivity index (χ0n) is 13.2. The maximum absolute atomic E-state index is 12.8. The van der Waals surface area contributed by atoms with E-state index in [0.717, 1.165) is 15.7 Å². The number of rotatable bonds is 4. The molecule has 0 radical (unpaired) electrons. The smallest absolute Gasteiger partial charge is 0.387 e. The lowest BCUT2D eigenvalue weighted by atomic mass is 10.0. The Kier molecular flexibility index (Phi) is 4.37. The maximum atomic E-state index is 12.8. The first-order valence-corrected chi connectivity index (χ1v) is 8.47. The van der Waals surface area contributed by atoms with Crippen molar-refractivity contribution in [3.8, 4) is 5.75 Å². The van der Waals surface area contributed by atoms with Crippen molar-refractivity contribution in [2.75, 3.05) is 5.32 Å². The second-order valence-corrected chi connectivity index (χ2v) is 6.44. The predicted octanol–water partition coefficient (Wildman–Crippen LogP) is 4.09. The van der Waals surface area contributed by atoms with Crippen LogP contribution in [0.5, 0.6) is 5.75 Å². The number of aromatic nitrogens is 4. The summed E-state index contributed by atoms with van der Waals surface area (Å²) in [5.74, 6) is 0.504. The van der Waals surface area contributed by atoms with Crippen molar-refractivity contribution in [2.24, 2.45) is 0 Å². The van der Waals surface area contributed by atoms with Crippen LogP contribution in [0.4, 0.5) is 14.7 Å². The molecule has 1 atom stereocenters. The number of halogens is 3. The molecule has 2 heterocycles. The molecule has 6 nitrogen and oxygen atoms in total. The predicted molar refractivity (Wildman–Crippen MR) is 94.8 cm³/mol. The van der Waals surface area contributed by atoms with Gasteiger partial charge in [0.2, 0.25) is 5.95 Å². The summed E-state index contributed by atoms with van der Waals surface area (Å²) < 4.78 is 32.7. The number of ether oxygens (including phenoxy) is 1. The van der Waals surface area contributed by atoms with Crippen LogP contribution >= 0.6 is 15.9 Å². The number of fused-ring (bicyclic) bond motifs is 1. The van der Waals surface area contributed by atoms with Crippen molar-refractivity contribution < 1.29 is 13.5 Å². The monoisotopic (exact) mass is 419 g/mol. The molecular formula is C17H12BrF2N5O. The van der Waals surface area contributed by atoms with E-state index in [9.17, 15) is 8.78 Å². The van der Waals surface area contributed by atoms with Gasteiger partial charge in [-0.25, -0.2) is 0 Å². The number of nitrogens with one attached hydrogen (secondary N) is 1. The summed E-state index contributed by atoms with van der Waals surface area (Å²) in [6.07, 6.45) is 1.88. The van der Waals surface area contributed by atoms with E-state index in [1.54, 1.807) is 18.2 Å². The quantitative estimate of drug-likeness (QED) is 0.689. The molecular weight excluding hydrogens is 408 g/mol. The largest absolute Gasteiger partial charge is 0.434 e. The van der Waals surface area contributed by atoms with Gasteiger partial charge in [0.1, 0.15) is 11.8 Å². The van der Waals surface area contributed by atoms with Gasteiger partial charge in [-0.15, -0.1) is 0 Å². The second-order valence-electron chi connectivity index (χ2n) is 5.52. The Morgan fingerprint density at radius 2 is 1.88 bits per heavy atom. The molecule has 1 aromatic heterocycles. The van der Waals surface area contributed by atoms with Crippen LogP contribution in [0.1, 0.15) is 17.2 Å². The molecule has 0 amide bonds. The van der Waals surface area contributed by atoms with E-state index in [4.69, 9.17) is 0 Å². The van der Waals surface area contributed by atoms with Gasteiger partial charge < -0.3 is 10.1 Å². The van der Waals surface area contributed by atoms with E-state index in [1.165, 1.54) is 10.7 Å². The third-order valence-corrected chi connectivity index (χ3v) is 4.46. The highest BCUT2D eigenvalue weighted by Gasteiger charge is 2.27. The number of hydrogen-bond donors (Lipinski definition) is 1. The third-order valence-electron chi connectivity index (χ3n) is 3.94. The Morgan fingerprint density at radius 1 is 1.12 bits per heavy atom. The maximum Gasteiger partial charge on any atom is 0.387 e. The van der Waals surface area contributed by atoms with Gasteiger partial charge in [0, 0.05) is 15.7 Å². The summed E-state index contributed by atoms with van der Waals surface area (Å²) >= 11 is 3.41. The minimum atomic E-state index is -2.92. The Morgan fingerprint density at radius 3 is 2.65 bits per heavy atom. The van der Waals surface area contributed by atoms with E-state index in [0.29, 0.717) is 11.5 Å². The molecule has 0 bridgehead atoms. The normalized spacial score (nSPS) is 16.0. The van der Waals surface area contributed by atoms with E-state index in [-0.39, 0.29) is 5.75 Å². The molecule has 0 fully saturated rings. The number of benzene rings is 2. The highest BCUT2D eigenvalue weighted by atomic mass is 79.9. The summed E-state index contributed by atoms with van der Waals surface area (Å²) in [4.78, 5) is 0. The molecule has 0 saturated heterocycles. The molecule has 26 heavy (non-hydrogen) atoms. The average molecular weight is 420 g/mol. The van der Waals surface area contributed by atoms with Gasteiger partial charge in [0.05, 0.1) is 0 Å². The van der Waals surface area contributed by atoms with Gasteiger partial charge in [-0.05, 0) is 40.3 Å². The molecule has 0 aliphatic carbocycles. The van der Waals surface area contributed by atoms with Crippen LogP contribution in [0.25, 0.3) is 5.70 Å². The van der Waals surface area contributed by atoms with Crippen LogP contribution < -0.4 is 10.1 Å². The number of anilines is 1. The highest BCUT2D eigenvalue weighted by Crippen LogP contribution is 2.36. The summed E-state index contributed by atoms with van der Waals surface area (Å²) in [5, 5.41) is 14.8. The number of allylic oxidation sites excluding steroid dienone is 1. The number of alkyl halides is 2. The van der Waals surface area contributed by atoms with Crippen molar-refractivity contribution >= 4 is 27.6 Å². The van der Waals surface area contributed by atoms with E-state index >= 15 is 0 Å². The van der Waals surface area contributed by atoms with Gasteiger partial charge in [-0.2, -0.15) is 13.5 Å². The molecule has 1 aliphatic rings. The molecule has 1 unspecified atom stereocenters. The molecule has 1 N–H and O–H groups in total. The first kappa shape index (κ1) is 16.6. The highest BCUT2D eigenvalue weighted by molar-refractivity contribution is 9.10. The molecule has 1 aliphatic heterocycles. The fourth-order valence-corrected chi connectivity index (χ4v) is 3.07. The third kappa shape index (κ3) is 3.17. The second kappa shape index (κ2) is 6.83. The van der Waals surface area contributed by atoms with Gasteiger partial charge in [-0.1, -0.05) is 51.4 Å². The Balaban J connectivity index is 1.81. The molecule has 0 spiro atoms. The number of tetrazole rings is 1. The van der Waals surface area contributed by atoms with Crippen molar-refractivity contribution in [3.63, 3.8) is 0 Å². The summed E-state index contributed by atoms with van der Waals surface area (Å²) in [7, 11) is 0. The molecule has 0 saturated carbocycles. The van der Waals surface area contributed by atoms with E-state index < -0.39 is 12.7 Å². The Hall–Kier alpha value is -2.81. The molecule has 3 aromatic rings. The minimum absolute atomic E-state index is 0.0854. The fourth-order valence-electron chi connectivity index (χ4n) is 2.80. The van der Waals surface area contributed by atoms with Crippen molar-refractivity contribution in [1.82, 2.24) is 20.2 Å². The van der Waals surface area contributed by atoms with Crippen molar-refractivity contribution in [1.29, 1.82) is 0 Å². The number of para-hydroxylation sites is 1. The molecule has 132 valence electrons. The molecule has 9 heteroatoms. The standard InChI is InChI=1S/C17H12BrF2N5O/c18-11-7-5-10(6-8-11)13-9-14(25-17(21-13)22-23-24-25)12-3-1-2-4-15(12)26-16(19)20/h1-9,14,16H,(H,21,22,24). The van der Waals surface area contributed by atoms with Crippen LogP contribution in [-0.4, -0.2) is 26.8 Å². The topological polar surface area (TPSA) is 64.9 Å². The van der Waals surface area contributed by atoms with Crippen LogP contribution in [0.3, 0.4) is 0 Å². The number of hydrogen-bond acceptors (Lipinski definition) is 5. The van der Waals surface area contributed by atoms with E-state index in [1.807, 2.05) is 30.3 Å². The lowest BCUT2D eigenvalue weighted by Crippen LogP contribution is -2.21. The van der Waals surface area contributed by atoms with Crippen LogP contribution in [0, 0.1) is 0 Å². The lowest BCUT2D eigenvalue weighted by molar-refractivity contribution is -0.0506. The summed E-state index contributed by atoms with van der Waals surface area (Å²) in [6, 6.07) is 13.8. The van der Waals surface area contributed by atoms with E-state index in [2.05, 4.69) is 41.5 Å². The lowest BCUT2D eigenvalue weighted by Gasteiger charge is -2.24. The zero-order valence-corrected chi connectivity index (χ0v) is 14.8. The average Bonchev–Trinajstić information content (AvgIpc) is 3.10. The first-order valence-electron chi connectivity index (χ1n) is 7.68. The van der Waals surface area contributed by atoms with Crippen LogP contribution in [0.15, 0.2) is 59.1 Å². The Bertz CT molecular complexity index is 958. The van der Waals surface area contributed by atoms with Gasteiger partial charge >= 0.3 is 6.61 Å². The molecule has 4 rings (SSSR count). The van der Waals surface area contributed by atoms with Crippen LogP contribution in [-0.2, 0) is 0 Å². The fraction of sp³-hybridized carbons (Fsp3) is 0.118. The van der Waals surface area contributed by atoms with Gasteiger partial charge in [0.25, 0.3) is 0 Å². The Labute approximate surface area is 155 Å².